The second-order valence-electron chi connectivity index (χ2n) is 21.2. The van der Waals surface area contributed by atoms with Gasteiger partial charge in [0.2, 0.25) is 0 Å². The zero-order chi connectivity index (χ0) is 63.1. The molecule has 2 aliphatic rings. The second-order valence-corrected chi connectivity index (χ2v) is 21.2. The molecule has 0 heterocycles. The van der Waals surface area contributed by atoms with Crippen LogP contribution >= 0.6 is 0 Å². The molecular formula is C58H108N12O16. The minimum atomic E-state index is -0.915. The monoisotopic (exact) mass is 1230 g/mol. The molecular weight excluding hydrogens is 1120 g/mol. The maximum Gasteiger partial charge on any atom is 0.407 e. The lowest BCUT2D eigenvalue weighted by Crippen LogP contribution is -2.45. The summed E-state index contributed by atoms with van der Waals surface area (Å²) >= 11 is 0. The first-order valence-electron chi connectivity index (χ1n) is 31.7. The molecule has 0 bridgehead atoms. The Morgan fingerprint density at radius 3 is 0.977 bits per heavy atom. The van der Waals surface area contributed by atoms with Crippen molar-refractivity contribution in [2.75, 3.05) is 93.0 Å². The van der Waals surface area contributed by atoms with Gasteiger partial charge in [-0.2, -0.15) is 0 Å². The average molecular weight is 1230 g/mol. The Kier molecular flexibility index (Phi) is 48.0. The summed E-state index contributed by atoms with van der Waals surface area (Å²) in [6.45, 7) is 6.80. The highest BCUT2D eigenvalue weighted by molar-refractivity contribution is 5.82. The molecule has 0 aromatic rings. The number of amides is 12. The first-order chi connectivity index (χ1) is 41.7. The number of esters is 2. The number of rotatable bonds is 42. The van der Waals surface area contributed by atoms with Gasteiger partial charge in [-0.3, -0.25) is 0 Å². The molecule has 2 unspecified atom stereocenters. The van der Waals surface area contributed by atoms with Gasteiger partial charge in [0.25, 0.3) is 0 Å². The molecule has 0 aromatic carbocycles. The Bertz CT molecular complexity index is 1880. The molecule has 0 aliphatic heterocycles. The molecule has 496 valence electrons. The number of carbonyl (C=O) groups is 10. The molecule has 2 saturated carbocycles. The van der Waals surface area contributed by atoms with E-state index in [9.17, 15) is 47.9 Å². The van der Waals surface area contributed by atoms with Crippen LogP contribution in [0.15, 0.2) is 0 Å². The van der Waals surface area contributed by atoms with E-state index in [1.165, 1.54) is 78.4 Å². The SMILES string of the molecule is CCCCCCCCNC(=O)NCCOC(=O)NCCCCC(NC(=O)OCCNC(=O)NCCCCCCCC)C(=O)OC.COC(=O)C(CCCCNC(=O)OCCNC(=O)NC1CCCCC1)NC(=O)OCCNC(=O)NC1CCCCC1. The molecule has 0 spiro atoms. The number of carbonyl (C=O) groups excluding carboxylic acids is 10. The quantitative estimate of drug-likeness (QED) is 0.0168. The van der Waals surface area contributed by atoms with Gasteiger partial charge < -0.3 is 92.2 Å². The zero-order valence-electron chi connectivity index (χ0n) is 52.1. The van der Waals surface area contributed by atoms with Crippen molar-refractivity contribution in [3.63, 3.8) is 0 Å². The van der Waals surface area contributed by atoms with Gasteiger partial charge in [-0.1, -0.05) is 117 Å². The van der Waals surface area contributed by atoms with Gasteiger partial charge in [-0.25, -0.2) is 47.9 Å². The van der Waals surface area contributed by atoms with Crippen molar-refractivity contribution >= 4 is 60.4 Å². The van der Waals surface area contributed by atoms with E-state index < -0.39 is 48.4 Å². The largest absolute Gasteiger partial charge is 0.467 e. The predicted molar refractivity (Wildman–Crippen MR) is 323 cm³/mol. The van der Waals surface area contributed by atoms with Crippen molar-refractivity contribution in [2.24, 2.45) is 0 Å². The molecule has 86 heavy (non-hydrogen) atoms. The van der Waals surface area contributed by atoms with Gasteiger partial charge in [-0.15, -0.1) is 0 Å². The first-order valence-corrected chi connectivity index (χ1v) is 31.7. The molecule has 12 N–H and O–H groups in total. The standard InChI is InChI=1S/C31H60N6O8.C27H48N6O8/c1-4-6-8-10-12-15-19-32-28(39)34-22-24-44-30(41)36-21-17-14-18-26(27(38)43-3)37-31(42)45-25-23-35-29(40)33-20-16-13-11-9-7-5-2;1-39-23(34)22(33-27(38)41-19-17-29-25(36)32-21-12-6-3-7-13-21)14-8-9-15-30-26(37)40-18-16-28-24(35)31-20-10-4-2-5-11-20/h26H,4-25H2,1-3H3,(H,36,41)(H,37,42)(H2,32,34,39)(H2,33,35,40);20-22H,2-19H2,1H3,(H,30,37)(H,33,38)(H2,28,31,35)(H2,29,32,36). The predicted octanol–water partition coefficient (Wildman–Crippen LogP) is 6.88. The van der Waals surface area contributed by atoms with Crippen LogP contribution in [-0.4, -0.2) is 178 Å². The van der Waals surface area contributed by atoms with Gasteiger partial charge in [-0.05, 0) is 77.0 Å². The summed E-state index contributed by atoms with van der Waals surface area (Å²) in [5, 5.41) is 32.1. The molecule has 2 aliphatic carbocycles. The lowest BCUT2D eigenvalue weighted by molar-refractivity contribution is -0.144. The van der Waals surface area contributed by atoms with Crippen molar-refractivity contribution in [3.8, 4) is 0 Å². The lowest BCUT2D eigenvalue weighted by atomic mass is 9.96. The van der Waals surface area contributed by atoms with Crippen LogP contribution in [0.1, 0.15) is 194 Å². The maximum absolute atomic E-state index is 12.1. The molecule has 2 atom stereocenters. The van der Waals surface area contributed by atoms with Gasteiger partial charge in [0, 0.05) is 38.3 Å². The second kappa shape index (κ2) is 53.6. The highest BCUT2D eigenvalue weighted by Crippen LogP contribution is 2.18. The third-order valence-corrected chi connectivity index (χ3v) is 13.9. The van der Waals surface area contributed by atoms with Crippen LogP contribution in [0, 0.1) is 0 Å². The highest BCUT2D eigenvalue weighted by atomic mass is 16.6. The van der Waals surface area contributed by atoms with Crippen LogP contribution in [-0.2, 0) is 38.0 Å². The van der Waals surface area contributed by atoms with E-state index in [4.69, 9.17) is 28.4 Å². The zero-order valence-corrected chi connectivity index (χ0v) is 52.1. The van der Waals surface area contributed by atoms with Gasteiger partial charge in [0.1, 0.15) is 38.5 Å². The van der Waals surface area contributed by atoms with E-state index in [-0.39, 0.29) is 102 Å². The Morgan fingerprint density at radius 1 is 0.337 bits per heavy atom. The Balaban J connectivity index is 0.000000863. The fourth-order valence-electron chi connectivity index (χ4n) is 9.12. The van der Waals surface area contributed by atoms with E-state index in [0.29, 0.717) is 51.9 Å². The Hall–Kier alpha value is -6.90. The Morgan fingerprint density at radius 2 is 0.628 bits per heavy atom. The lowest BCUT2D eigenvalue weighted by Gasteiger charge is -2.22. The van der Waals surface area contributed by atoms with Crippen LogP contribution in [0.5, 0.6) is 0 Å². The molecule has 12 amide bonds. The van der Waals surface area contributed by atoms with Gasteiger partial charge in [0.15, 0.2) is 0 Å². The van der Waals surface area contributed by atoms with E-state index >= 15 is 0 Å². The number of nitrogens with one attached hydrogen (secondary N) is 12. The van der Waals surface area contributed by atoms with Gasteiger partial charge >= 0.3 is 60.4 Å². The summed E-state index contributed by atoms with van der Waals surface area (Å²) in [6.07, 6.45) is 24.3. The maximum atomic E-state index is 12.1. The molecule has 0 radical (unpaired) electrons. The van der Waals surface area contributed by atoms with E-state index in [1.54, 1.807) is 0 Å². The summed E-state index contributed by atoms with van der Waals surface area (Å²) in [5.74, 6) is -1.23. The molecule has 2 rings (SSSR count). The average Bonchev–Trinajstić information content (AvgIpc) is 3.57. The van der Waals surface area contributed by atoms with E-state index in [1.807, 2.05) is 0 Å². The molecule has 0 saturated heterocycles. The van der Waals surface area contributed by atoms with Crippen molar-refractivity contribution in [2.45, 2.75) is 218 Å². The first kappa shape index (κ1) is 77.1. The minimum Gasteiger partial charge on any atom is -0.467 e. The highest BCUT2D eigenvalue weighted by Gasteiger charge is 2.24. The van der Waals surface area contributed by atoms with Crippen LogP contribution in [0.2, 0.25) is 0 Å². The summed E-state index contributed by atoms with van der Waals surface area (Å²) in [7, 11) is 2.45. The van der Waals surface area contributed by atoms with Crippen LogP contribution in [0.25, 0.3) is 0 Å². The van der Waals surface area contributed by atoms with Crippen molar-refractivity contribution in [1.29, 1.82) is 0 Å². The number of urea groups is 4. The summed E-state index contributed by atoms with van der Waals surface area (Å²) in [5.41, 5.74) is 0. The third-order valence-electron chi connectivity index (χ3n) is 13.9. The number of alkyl carbamates (subject to hydrolysis) is 4. The van der Waals surface area contributed by atoms with Crippen LogP contribution in [0.4, 0.5) is 38.4 Å². The number of methoxy groups -OCH3 is 2. The Labute approximate surface area is 509 Å². The summed E-state index contributed by atoms with van der Waals surface area (Å²) in [4.78, 5) is 119. The number of hydrogen-bond donors (Lipinski definition) is 12. The van der Waals surface area contributed by atoms with Gasteiger partial charge in [0.05, 0.1) is 40.4 Å². The fraction of sp³-hybridized carbons (Fsp3) is 0.828. The molecule has 28 nitrogen and oxygen atoms in total. The normalized spacial score (nSPS) is 13.6. The number of unbranched alkanes of at least 4 members (excludes halogenated alkanes) is 12. The number of hydrogen-bond acceptors (Lipinski definition) is 16. The number of ether oxygens (including phenoxy) is 6. The molecule has 28 heteroatoms. The fourth-order valence-corrected chi connectivity index (χ4v) is 9.12. The van der Waals surface area contributed by atoms with E-state index in [2.05, 4.69) is 77.6 Å². The van der Waals surface area contributed by atoms with Crippen molar-refractivity contribution < 1.29 is 76.4 Å². The smallest absolute Gasteiger partial charge is 0.407 e. The van der Waals surface area contributed by atoms with Crippen molar-refractivity contribution in [3.05, 3.63) is 0 Å². The topological polar surface area (TPSA) is 370 Å². The van der Waals surface area contributed by atoms with Crippen LogP contribution < -0.4 is 63.8 Å². The molecule has 2 fully saturated rings. The third kappa shape index (κ3) is 45.5. The minimum absolute atomic E-state index is 0.0338. The van der Waals surface area contributed by atoms with E-state index in [0.717, 1.165) is 77.0 Å². The summed E-state index contributed by atoms with van der Waals surface area (Å²) in [6, 6.07) is -2.59. The summed E-state index contributed by atoms with van der Waals surface area (Å²) < 4.78 is 29.7. The molecule has 0 aromatic heterocycles. The van der Waals surface area contributed by atoms with Crippen molar-refractivity contribution in [1.82, 2.24) is 63.8 Å². The van der Waals surface area contributed by atoms with Crippen LogP contribution in [0.3, 0.4) is 0 Å².